The summed E-state index contributed by atoms with van der Waals surface area (Å²) in [6.07, 6.45) is 0.373. The van der Waals surface area contributed by atoms with Crippen molar-refractivity contribution in [3.05, 3.63) is 29.8 Å². The van der Waals surface area contributed by atoms with Gasteiger partial charge in [0.25, 0.3) is 0 Å². The molecule has 1 rings (SSSR count). The normalized spacial score (nSPS) is 12.6. The van der Waals surface area contributed by atoms with Crippen molar-refractivity contribution in [3.63, 3.8) is 0 Å². The van der Waals surface area contributed by atoms with Gasteiger partial charge in [0.2, 0.25) is 5.91 Å². The second kappa shape index (κ2) is 7.22. The fourth-order valence-electron chi connectivity index (χ4n) is 1.68. The first kappa shape index (κ1) is 17.2. The Morgan fingerprint density at radius 3 is 2.57 bits per heavy atom. The minimum absolute atomic E-state index is 0.0608. The van der Waals surface area contributed by atoms with Gasteiger partial charge in [-0.1, -0.05) is 32.9 Å². The third-order valence-corrected chi connectivity index (χ3v) is 2.91. The lowest BCUT2D eigenvalue weighted by Gasteiger charge is -2.18. The van der Waals surface area contributed by atoms with Gasteiger partial charge in [0.05, 0.1) is 6.61 Å². The fourth-order valence-corrected chi connectivity index (χ4v) is 1.68. The van der Waals surface area contributed by atoms with Crippen molar-refractivity contribution in [3.8, 4) is 0 Å². The number of carbonyl (C=O) groups excluding carboxylic acids is 2. The molecule has 1 aromatic rings. The van der Waals surface area contributed by atoms with E-state index in [1.165, 1.54) is 0 Å². The van der Waals surface area contributed by atoms with Gasteiger partial charge >= 0.3 is 5.97 Å². The largest absolute Gasteiger partial charge is 0.465 e. The monoisotopic (exact) mass is 292 g/mol. The Bertz CT molecular complexity index is 506. The maximum atomic E-state index is 12.0. The maximum Gasteiger partial charge on any atom is 0.323 e. The minimum atomic E-state index is -0.696. The number of nitrogens with one attached hydrogen (secondary N) is 1. The summed E-state index contributed by atoms with van der Waals surface area (Å²) in [5.41, 5.74) is 6.91. The summed E-state index contributed by atoms with van der Waals surface area (Å²) in [7, 11) is 0. The molecule has 1 unspecified atom stereocenters. The van der Waals surface area contributed by atoms with Gasteiger partial charge in [0.1, 0.15) is 6.04 Å². The van der Waals surface area contributed by atoms with Gasteiger partial charge in [-0.2, -0.15) is 0 Å². The van der Waals surface area contributed by atoms with Crippen LogP contribution in [-0.4, -0.2) is 24.5 Å². The summed E-state index contributed by atoms with van der Waals surface area (Å²) >= 11 is 0. The van der Waals surface area contributed by atoms with E-state index in [4.69, 9.17) is 10.5 Å². The van der Waals surface area contributed by atoms with Crippen molar-refractivity contribution in [1.29, 1.82) is 0 Å². The molecule has 0 heterocycles. The van der Waals surface area contributed by atoms with Gasteiger partial charge in [-0.3, -0.25) is 9.59 Å². The summed E-state index contributed by atoms with van der Waals surface area (Å²) in [5.74, 6) is -0.476. The predicted molar refractivity (Wildman–Crippen MR) is 82.8 cm³/mol. The van der Waals surface area contributed by atoms with Crippen LogP contribution in [0.15, 0.2) is 24.3 Å². The lowest BCUT2D eigenvalue weighted by atomic mass is 9.95. The molecular formula is C16H24N2O3. The number of carbonyl (C=O) groups is 2. The van der Waals surface area contributed by atoms with E-state index in [-0.39, 0.29) is 5.91 Å². The van der Waals surface area contributed by atoms with Crippen LogP contribution in [0.2, 0.25) is 0 Å². The number of amides is 1. The van der Waals surface area contributed by atoms with E-state index in [1.807, 2.05) is 45.0 Å². The molecule has 0 saturated heterocycles. The first-order chi connectivity index (χ1) is 9.74. The number of hydrogen-bond donors (Lipinski definition) is 2. The van der Waals surface area contributed by atoms with E-state index < -0.39 is 17.4 Å². The van der Waals surface area contributed by atoms with Crippen molar-refractivity contribution in [2.75, 3.05) is 11.9 Å². The number of hydrogen-bond acceptors (Lipinski definition) is 4. The predicted octanol–water partition coefficient (Wildman–Crippen LogP) is 2.10. The zero-order valence-electron chi connectivity index (χ0n) is 13.1. The molecule has 0 aliphatic heterocycles. The van der Waals surface area contributed by atoms with E-state index >= 15 is 0 Å². The first-order valence-electron chi connectivity index (χ1n) is 7.06. The highest BCUT2D eigenvalue weighted by atomic mass is 16.5. The lowest BCUT2D eigenvalue weighted by molar-refractivity contribution is -0.144. The molecule has 0 aliphatic carbocycles. The Morgan fingerprint density at radius 2 is 2.00 bits per heavy atom. The molecule has 116 valence electrons. The summed E-state index contributed by atoms with van der Waals surface area (Å²) in [4.78, 5) is 23.5. The third-order valence-electron chi connectivity index (χ3n) is 2.91. The molecule has 21 heavy (non-hydrogen) atoms. The summed E-state index contributed by atoms with van der Waals surface area (Å²) < 4.78 is 4.88. The Kier molecular flexibility index (Phi) is 5.90. The maximum absolute atomic E-state index is 12.0. The topological polar surface area (TPSA) is 81.4 Å². The molecule has 0 saturated carbocycles. The van der Waals surface area contributed by atoms with Crippen molar-refractivity contribution in [2.45, 2.75) is 40.2 Å². The molecule has 1 atom stereocenters. The molecule has 0 aromatic heterocycles. The lowest BCUT2D eigenvalue weighted by Crippen LogP contribution is -2.34. The van der Waals surface area contributed by atoms with Crippen LogP contribution in [0.1, 0.15) is 33.3 Å². The molecule has 5 nitrogen and oxygen atoms in total. The SMILES string of the molecule is CCOC(=O)C(N)Cc1cccc(NC(=O)C(C)(C)C)c1. The number of rotatable bonds is 5. The van der Waals surface area contributed by atoms with Crippen LogP contribution < -0.4 is 11.1 Å². The van der Waals surface area contributed by atoms with Gasteiger partial charge in [0.15, 0.2) is 0 Å². The highest BCUT2D eigenvalue weighted by Crippen LogP contribution is 2.18. The van der Waals surface area contributed by atoms with Crippen molar-refractivity contribution in [1.82, 2.24) is 0 Å². The molecule has 1 aromatic carbocycles. The molecule has 0 spiro atoms. The second-order valence-corrected chi connectivity index (χ2v) is 5.97. The standard InChI is InChI=1S/C16H24N2O3/c1-5-21-14(19)13(17)10-11-7-6-8-12(9-11)18-15(20)16(2,3)4/h6-9,13H,5,10,17H2,1-4H3,(H,18,20). The van der Waals surface area contributed by atoms with Crippen molar-refractivity contribution < 1.29 is 14.3 Å². The number of ether oxygens (including phenoxy) is 1. The summed E-state index contributed by atoms with van der Waals surface area (Å²) in [5, 5.41) is 2.85. The molecule has 0 radical (unpaired) electrons. The van der Waals surface area contributed by atoms with E-state index in [2.05, 4.69) is 5.32 Å². The van der Waals surface area contributed by atoms with E-state index in [0.717, 1.165) is 5.56 Å². The molecule has 5 heteroatoms. The summed E-state index contributed by atoms with van der Waals surface area (Å²) in [6.45, 7) is 7.61. The molecule has 0 aliphatic rings. The quantitative estimate of drug-likeness (QED) is 0.814. The summed E-state index contributed by atoms with van der Waals surface area (Å²) in [6, 6.07) is 6.63. The third kappa shape index (κ3) is 5.55. The Balaban J connectivity index is 2.73. The smallest absolute Gasteiger partial charge is 0.323 e. The van der Waals surface area contributed by atoms with Crippen LogP contribution in [0, 0.1) is 5.41 Å². The average molecular weight is 292 g/mol. The van der Waals surface area contributed by atoms with Crippen LogP contribution in [0.3, 0.4) is 0 Å². The number of anilines is 1. The Labute approximate surface area is 125 Å². The highest BCUT2D eigenvalue weighted by Gasteiger charge is 2.21. The number of esters is 1. The zero-order chi connectivity index (χ0) is 16.0. The van der Waals surface area contributed by atoms with Crippen LogP contribution in [0.5, 0.6) is 0 Å². The van der Waals surface area contributed by atoms with Gasteiger partial charge in [-0.15, -0.1) is 0 Å². The zero-order valence-corrected chi connectivity index (χ0v) is 13.1. The fraction of sp³-hybridized carbons (Fsp3) is 0.500. The van der Waals surface area contributed by atoms with E-state index in [0.29, 0.717) is 18.7 Å². The van der Waals surface area contributed by atoms with E-state index in [9.17, 15) is 9.59 Å². The van der Waals surface area contributed by atoms with Gasteiger partial charge < -0.3 is 15.8 Å². The molecule has 0 bridgehead atoms. The highest BCUT2D eigenvalue weighted by molar-refractivity contribution is 5.94. The van der Waals surface area contributed by atoms with Crippen LogP contribution in [0.4, 0.5) is 5.69 Å². The van der Waals surface area contributed by atoms with Crippen molar-refractivity contribution in [2.24, 2.45) is 11.1 Å². The molecule has 0 fully saturated rings. The van der Waals surface area contributed by atoms with Gasteiger partial charge in [-0.05, 0) is 31.0 Å². The molecule has 3 N–H and O–H groups in total. The Hall–Kier alpha value is -1.88. The second-order valence-electron chi connectivity index (χ2n) is 5.97. The Morgan fingerprint density at radius 1 is 1.33 bits per heavy atom. The van der Waals surface area contributed by atoms with Gasteiger partial charge in [0, 0.05) is 11.1 Å². The molecular weight excluding hydrogens is 268 g/mol. The van der Waals surface area contributed by atoms with Crippen molar-refractivity contribution >= 4 is 17.6 Å². The number of nitrogens with two attached hydrogens (primary N) is 1. The van der Waals surface area contributed by atoms with Crippen LogP contribution in [0.25, 0.3) is 0 Å². The molecule has 1 amide bonds. The van der Waals surface area contributed by atoms with Gasteiger partial charge in [-0.25, -0.2) is 0 Å². The minimum Gasteiger partial charge on any atom is -0.465 e. The first-order valence-corrected chi connectivity index (χ1v) is 7.06. The average Bonchev–Trinajstić information content (AvgIpc) is 2.38. The number of benzene rings is 1. The van der Waals surface area contributed by atoms with E-state index in [1.54, 1.807) is 6.92 Å². The van der Waals surface area contributed by atoms with Crippen LogP contribution in [-0.2, 0) is 20.7 Å². The van der Waals surface area contributed by atoms with Crippen LogP contribution >= 0.6 is 0 Å².